The molecule has 0 amide bonds. The molecule has 0 bridgehead atoms. The van der Waals surface area contributed by atoms with Crippen LogP contribution in [0.25, 0.3) is 0 Å². The fraction of sp³-hybridized carbons (Fsp3) is 0.154. The molecule has 2 rings (SSSR count). The molecule has 2 aromatic rings. The summed E-state index contributed by atoms with van der Waals surface area (Å²) in [5.74, 6) is 0.303. The fourth-order valence-corrected chi connectivity index (χ4v) is 1.55. The van der Waals surface area contributed by atoms with Crippen molar-refractivity contribution in [1.82, 2.24) is 0 Å². The molecule has 0 saturated heterocycles. The highest BCUT2D eigenvalue weighted by Crippen LogP contribution is 2.22. The van der Waals surface area contributed by atoms with E-state index in [9.17, 15) is 4.79 Å². The van der Waals surface area contributed by atoms with E-state index < -0.39 is 5.97 Å². The monoisotopic (exact) mass is 232 g/mol. The van der Waals surface area contributed by atoms with Gasteiger partial charge in [-0.2, -0.15) is 0 Å². The third-order valence-corrected chi connectivity index (χ3v) is 2.46. The first-order valence-corrected chi connectivity index (χ1v) is 5.16. The molecule has 0 radical (unpaired) electrons. The lowest BCUT2D eigenvalue weighted by molar-refractivity contribution is 0.0695. The molecule has 0 saturated carbocycles. The van der Waals surface area contributed by atoms with Gasteiger partial charge in [0.05, 0.1) is 11.8 Å². The van der Waals surface area contributed by atoms with Gasteiger partial charge >= 0.3 is 5.97 Å². The summed E-state index contributed by atoms with van der Waals surface area (Å²) >= 11 is 0. The van der Waals surface area contributed by atoms with E-state index >= 15 is 0 Å². The summed E-state index contributed by atoms with van der Waals surface area (Å²) in [7, 11) is 0. The van der Waals surface area contributed by atoms with Gasteiger partial charge in [-0.3, -0.25) is 0 Å². The smallest absolute Gasteiger partial charge is 0.336 e. The average Bonchev–Trinajstić information content (AvgIpc) is 2.80. The maximum atomic E-state index is 10.9. The summed E-state index contributed by atoms with van der Waals surface area (Å²) in [5.41, 5.74) is 0.869. The van der Waals surface area contributed by atoms with Crippen molar-refractivity contribution in [3.63, 3.8) is 0 Å². The number of carbonyl (C=O) groups is 1. The van der Waals surface area contributed by atoms with Crippen molar-refractivity contribution in [1.29, 1.82) is 0 Å². The van der Waals surface area contributed by atoms with Crippen molar-refractivity contribution >= 4 is 5.97 Å². The van der Waals surface area contributed by atoms with Crippen molar-refractivity contribution in [2.75, 3.05) is 0 Å². The first-order valence-electron chi connectivity index (χ1n) is 5.16. The fourth-order valence-electron chi connectivity index (χ4n) is 1.55. The van der Waals surface area contributed by atoms with Crippen LogP contribution in [0.15, 0.2) is 41.0 Å². The third kappa shape index (κ3) is 2.47. The van der Waals surface area contributed by atoms with Crippen LogP contribution in [0.3, 0.4) is 0 Å². The Morgan fingerprint density at radius 2 is 2.18 bits per heavy atom. The van der Waals surface area contributed by atoms with Crippen molar-refractivity contribution in [2.24, 2.45) is 0 Å². The lowest BCUT2D eigenvalue weighted by Gasteiger charge is -2.09. The Kier molecular flexibility index (Phi) is 3.14. The van der Waals surface area contributed by atoms with Crippen LogP contribution in [0.2, 0.25) is 0 Å². The third-order valence-electron chi connectivity index (χ3n) is 2.46. The summed E-state index contributed by atoms with van der Waals surface area (Å²) in [6.07, 6.45) is 1.57. The van der Waals surface area contributed by atoms with Crippen LogP contribution in [0, 0.1) is 6.92 Å². The van der Waals surface area contributed by atoms with E-state index in [4.69, 9.17) is 14.3 Å². The zero-order valence-electron chi connectivity index (χ0n) is 9.34. The number of carboxylic acid groups (broad SMARTS) is 1. The normalized spacial score (nSPS) is 10.2. The van der Waals surface area contributed by atoms with Crippen LogP contribution in [0.5, 0.6) is 5.75 Å². The van der Waals surface area contributed by atoms with Gasteiger partial charge in [-0.15, -0.1) is 0 Å². The van der Waals surface area contributed by atoms with E-state index in [2.05, 4.69) is 0 Å². The highest BCUT2D eigenvalue weighted by Gasteiger charge is 2.11. The highest BCUT2D eigenvalue weighted by atomic mass is 16.5. The number of benzene rings is 1. The predicted molar refractivity (Wildman–Crippen MR) is 61.2 cm³/mol. The number of carboxylic acids is 1. The summed E-state index contributed by atoms with van der Waals surface area (Å²) in [5, 5.41) is 8.97. The van der Waals surface area contributed by atoms with Crippen molar-refractivity contribution < 1.29 is 19.1 Å². The SMILES string of the molecule is Cc1c(OCc2ccco2)cccc1C(=O)O. The van der Waals surface area contributed by atoms with Crippen molar-refractivity contribution in [2.45, 2.75) is 13.5 Å². The van der Waals surface area contributed by atoms with E-state index in [0.29, 0.717) is 17.1 Å². The topological polar surface area (TPSA) is 59.7 Å². The summed E-state index contributed by atoms with van der Waals surface area (Å²) in [4.78, 5) is 10.9. The van der Waals surface area contributed by atoms with E-state index in [1.165, 1.54) is 0 Å². The molecular formula is C13H12O4. The lowest BCUT2D eigenvalue weighted by atomic mass is 10.1. The lowest BCUT2D eigenvalue weighted by Crippen LogP contribution is -2.02. The Morgan fingerprint density at radius 3 is 2.82 bits per heavy atom. The molecule has 1 heterocycles. The second kappa shape index (κ2) is 4.74. The predicted octanol–water partition coefficient (Wildman–Crippen LogP) is 2.87. The van der Waals surface area contributed by atoms with Gasteiger partial charge < -0.3 is 14.3 Å². The maximum absolute atomic E-state index is 10.9. The Bertz CT molecular complexity index is 514. The number of hydrogen-bond acceptors (Lipinski definition) is 3. The van der Waals surface area contributed by atoms with Crippen molar-refractivity contribution in [3.05, 3.63) is 53.5 Å². The quantitative estimate of drug-likeness (QED) is 0.880. The molecule has 0 fully saturated rings. The second-order valence-corrected chi connectivity index (χ2v) is 3.60. The summed E-state index contributed by atoms with van der Waals surface area (Å²) in [6.45, 7) is 2.01. The molecule has 0 unspecified atom stereocenters. The largest absolute Gasteiger partial charge is 0.485 e. The number of ether oxygens (including phenoxy) is 1. The molecule has 0 aliphatic heterocycles. The zero-order valence-corrected chi connectivity index (χ0v) is 9.34. The van der Waals surface area contributed by atoms with Gasteiger partial charge in [0.25, 0.3) is 0 Å². The van der Waals surface area contributed by atoms with Gasteiger partial charge in [0.1, 0.15) is 18.1 Å². The van der Waals surface area contributed by atoms with E-state index in [1.54, 1.807) is 43.5 Å². The molecule has 4 heteroatoms. The highest BCUT2D eigenvalue weighted by molar-refractivity contribution is 5.90. The van der Waals surface area contributed by atoms with Gasteiger partial charge in [0, 0.05) is 5.56 Å². The van der Waals surface area contributed by atoms with Gasteiger partial charge in [-0.05, 0) is 31.2 Å². The van der Waals surface area contributed by atoms with Crippen LogP contribution in [0.4, 0.5) is 0 Å². The first kappa shape index (κ1) is 11.3. The van der Waals surface area contributed by atoms with Gasteiger partial charge in [-0.25, -0.2) is 4.79 Å². The molecule has 1 N–H and O–H groups in total. The van der Waals surface area contributed by atoms with E-state index in [-0.39, 0.29) is 12.2 Å². The average molecular weight is 232 g/mol. The minimum absolute atomic E-state index is 0.252. The summed E-state index contributed by atoms with van der Waals surface area (Å²) < 4.78 is 10.6. The number of furan rings is 1. The molecule has 0 spiro atoms. The van der Waals surface area contributed by atoms with Crippen LogP contribution in [-0.4, -0.2) is 11.1 Å². The standard InChI is InChI=1S/C13H12O4/c1-9-11(13(14)15)5-2-6-12(9)17-8-10-4-3-7-16-10/h2-7H,8H2,1H3,(H,14,15). The zero-order chi connectivity index (χ0) is 12.3. The van der Waals surface area contributed by atoms with Gasteiger partial charge in [0.15, 0.2) is 0 Å². The van der Waals surface area contributed by atoms with E-state index in [0.717, 1.165) is 0 Å². The molecule has 17 heavy (non-hydrogen) atoms. The van der Waals surface area contributed by atoms with Crippen LogP contribution >= 0.6 is 0 Å². The molecule has 1 aromatic heterocycles. The van der Waals surface area contributed by atoms with E-state index in [1.807, 2.05) is 0 Å². The summed E-state index contributed by atoms with van der Waals surface area (Å²) in [6, 6.07) is 8.53. The Labute approximate surface area is 98.4 Å². The minimum atomic E-state index is -0.953. The second-order valence-electron chi connectivity index (χ2n) is 3.60. The van der Waals surface area contributed by atoms with Crippen LogP contribution in [-0.2, 0) is 6.61 Å². The molecular weight excluding hydrogens is 220 g/mol. The first-order chi connectivity index (χ1) is 8.18. The molecule has 0 aliphatic rings. The molecule has 0 aliphatic carbocycles. The Hall–Kier alpha value is -2.23. The molecule has 1 aromatic carbocycles. The minimum Gasteiger partial charge on any atom is -0.485 e. The maximum Gasteiger partial charge on any atom is 0.336 e. The number of rotatable bonds is 4. The van der Waals surface area contributed by atoms with Crippen molar-refractivity contribution in [3.8, 4) is 5.75 Å². The van der Waals surface area contributed by atoms with Gasteiger partial charge in [0.2, 0.25) is 0 Å². The Balaban J connectivity index is 2.16. The van der Waals surface area contributed by atoms with Gasteiger partial charge in [-0.1, -0.05) is 6.07 Å². The van der Waals surface area contributed by atoms with Crippen LogP contribution < -0.4 is 4.74 Å². The van der Waals surface area contributed by atoms with Crippen LogP contribution in [0.1, 0.15) is 21.7 Å². The molecule has 88 valence electrons. The molecule has 4 nitrogen and oxygen atoms in total. The number of aromatic carboxylic acids is 1. The number of hydrogen-bond donors (Lipinski definition) is 1. The Morgan fingerprint density at radius 1 is 1.35 bits per heavy atom. The molecule has 0 atom stereocenters.